The number of piperidine rings is 1. The summed E-state index contributed by atoms with van der Waals surface area (Å²) in [5.41, 5.74) is 1.04. The van der Waals surface area contributed by atoms with E-state index in [0.717, 1.165) is 42.0 Å². The van der Waals surface area contributed by atoms with Crippen LogP contribution in [0, 0.1) is 6.92 Å². The van der Waals surface area contributed by atoms with E-state index < -0.39 is 23.9 Å². The van der Waals surface area contributed by atoms with Crippen LogP contribution in [0.25, 0.3) is 10.6 Å². The van der Waals surface area contributed by atoms with E-state index >= 15 is 0 Å². The van der Waals surface area contributed by atoms with Gasteiger partial charge in [0.2, 0.25) is 5.82 Å². The van der Waals surface area contributed by atoms with Gasteiger partial charge in [0.05, 0.1) is 22.9 Å². The zero-order chi connectivity index (χ0) is 25.0. The van der Waals surface area contributed by atoms with Gasteiger partial charge >= 0.3 is 6.18 Å². The van der Waals surface area contributed by atoms with E-state index in [0.29, 0.717) is 18.0 Å². The molecular formula is C24H26F3N5O2S. The number of aromatic nitrogens is 3. The fourth-order valence-corrected chi connectivity index (χ4v) is 4.65. The molecule has 35 heavy (non-hydrogen) atoms. The van der Waals surface area contributed by atoms with Gasteiger partial charge in [-0.2, -0.15) is 13.2 Å². The molecule has 1 aromatic carbocycles. The number of halogens is 3. The summed E-state index contributed by atoms with van der Waals surface area (Å²) in [5, 5.41) is 3.47. The minimum Gasteiger partial charge on any atom is -0.477 e. The number of rotatable bonds is 7. The van der Waals surface area contributed by atoms with Crippen molar-refractivity contribution in [1.29, 1.82) is 0 Å². The number of aryl methyl sites for hydroxylation is 1. The van der Waals surface area contributed by atoms with E-state index in [4.69, 9.17) is 4.74 Å². The Hall–Kier alpha value is -3.05. The predicted octanol–water partition coefficient (Wildman–Crippen LogP) is 5.24. The first-order valence-corrected chi connectivity index (χ1v) is 12.2. The monoisotopic (exact) mass is 505 g/mol. The lowest BCUT2D eigenvalue weighted by Crippen LogP contribution is -2.34. The summed E-state index contributed by atoms with van der Waals surface area (Å²) in [4.78, 5) is 27.8. The number of benzene rings is 1. The van der Waals surface area contributed by atoms with Crippen molar-refractivity contribution in [2.24, 2.45) is 0 Å². The smallest absolute Gasteiger partial charge is 0.451 e. The number of amides is 1. The second kappa shape index (κ2) is 10.7. The number of carbonyl (C=O) groups excluding carboxylic acids is 1. The van der Waals surface area contributed by atoms with E-state index in [2.05, 4.69) is 25.2 Å². The van der Waals surface area contributed by atoms with Crippen LogP contribution in [0.2, 0.25) is 0 Å². The maximum absolute atomic E-state index is 13.3. The van der Waals surface area contributed by atoms with Crippen molar-refractivity contribution in [2.75, 3.05) is 19.8 Å². The molecule has 2 aromatic heterocycles. The molecule has 1 atom stereocenters. The number of ether oxygens (including phenoxy) is 1. The lowest BCUT2D eigenvalue weighted by Gasteiger charge is -2.27. The van der Waals surface area contributed by atoms with Gasteiger partial charge in [-0.15, -0.1) is 11.3 Å². The summed E-state index contributed by atoms with van der Waals surface area (Å²) in [6.07, 6.45) is 1.51. The number of hydrogen-bond donors (Lipinski definition) is 1. The molecule has 0 saturated carbocycles. The quantitative estimate of drug-likeness (QED) is 0.473. The largest absolute Gasteiger partial charge is 0.477 e. The molecule has 186 valence electrons. The highest BCUT2D eigenvalue weighted by atomic mass is 32.1. The normalized spacial score (nSPS) is 15.6. The van der Waals surface area contributed by atoms with Gasteiger partial charge < -0.3 is 10.1 Å². The number of para-hydroxylation sites is 1. The van der Waals surface area contributed by atoms with Crippen LogP contribution in [-0.4, -0.2) is 45.6 Å². The van der Waals surface area contributed by atoms with Gasteiger partial charge in [-0.3, -0.25) is 9.69 Å². The Morgan fingerprint density at radius 2 is 1.97 bits per heavy atom. The third-order valence-corrected chi connectivity index (χ3v) is 6.62. The van der Waals surface area contributed by atoms with Crippen molar-refractivity contribution in [2.45, 2.75) is 45.3 Å². The van der Waals surface area contributed by atoms with Crippen molar-refractivity contribution in [3.63, 3.8) is 0 Å². The van der Waals surface area contributed by atoms with Crippen LogP contribution in [0.1, 0.15) is 59.0 Å². The lowest BCUT2D eigenvalue weighted by molar-refractivity contribution is -0.145. The van der Waals surface area contributed by atoms with E-state index in [1.165, 1.54) is 23.8 Å². The first kappa shape index (κ1) is 25.1. The summed E-state index contributed by atoms with van der Waals surface area (Å²) < 4.78 is 45.3. The van der Waals surface area contributed by atoms with Gasteiger partial charge in [0.1, 0.15) is 17.5 Å². The number of carbonyl (C=O) groups is 1. The van der Waals surface area contributed by atoms with Crippen molar-refractivity contribution >= 4 is 17.2 Å². The topological polar surface area (TPSA) is 80.2 Å². The van der Waals surface area contributed by atoms with E-state index in [1.54, 1.807) is 25.3 Å². The Morgan fingerprint density at radius 1 is 1.20 bits per heavy atom. The zero-order valence-electron chi connectivity index (χ0n) is 19.4. The van der Waals surface area contributed by atoms with E-state index in [1.807, 2.05) is 13.0 Å². The average Bonchev–Trinajstić information content (AvgIpc) is 3.28. The molecule has 1 amide bonds. The Bertz CT molecular complexity index is 1180. The average molecular weight is 506 g/mol. The SMILES string of the molecule is Cc1cnc(-c2cccc(C(=O)N[C@H](C)c3ccnc(C(F)(F)F)n3)c2OCN2CCCCC2)s1. The highest BCUT2D eigenvalue weighted by Crippen LogP contribution is 2.36. The molecule has 0 radical (unpaired) electrons. The van der Waals surface area contributed by atoms with Gasteiger partial charge in [-0.05, 0) is 44.9 Å². The molecule has 0 spiro atoms. The van der Waals surface area contributed by atoms with Gasteiger partial charge in [0, 0.05) is 30.4 Å². The third kappa shape index (κ3) is 6.15. The minimum absolute atomic E-state index is 0.0585. The fourth-order valence-electron chi connectivity index (χ4n) is 3.86. The number of hydrogen-bond acceptors (Lipinski definition) is 7. The van der Waals surface area contributed by atoms with Crippen LogP contribution in [-0.2, 0) is 6.18 Å². The Balaban J connectivity index is 1.60. The molecule has 7 nitrogen and oxygen atoms in total. The molecule has 1 aliphatic rings. The van der Waals surface area contributed by atoms with Crippen LogP contribution >= 0.6 is 11.3 Å². The van der Waals surface area contributed by atoms with Crippen molar-refractivity contribution in [3.8, 4) is 16.3 Å². The summed E-state index contributed by atoms with van der Waals surface area (Å²) in [5.74, 6) is -1.33. The summed E-state index contributed by atoms with van der Waals surface area (Å²) in [7, 11) is 0. The van der Waals surface area contributed by atoms with Crippen LogP contribution in [0.3, 0.4) is 0 Å². The summed E-state index contributed by atoms with van der Waals surface area (Å²) >= 11 is 1.49. The molecule has 1 saturated heterocycles. The lowest BCUT2D eigenvalue weighted by atomic mass is 10.1. The molecule has 0 unspecified atom stereocenters. The number of nitrogens with one attached hydrogen (secondary N) is 1. The maximum atomic E-state index is 13.3. The van der Waals surface area contributed by atoms with Crippen LogP contribution in [0.15, 0.2) is 36.7 Å². The Labute approximate surface area is 205 Å². The summed E-state index contributed by atoms with van der Waals surface area (Å²) in [6.45, 7) is 5.70. The molecule has 1 fully saturated rings. The van der Waals surface area contributed by atoms with Crippen molar-refractivity contribution < 1.29 is 22.7 Å². The molecule has 1 aliphatic heterocycles. The van der Waals surface area contributed by atoms with Gasteiger partial charge in [-0.25, -0.2) is 15.0 Å². The molecule has 0 aliphatic carbocycles. The summed E-state index contributed by atoms with van der Waals surface area (Å²) in [6, 6.07) is 5.80. The molecule has 0 bridgehead atoms. The molecule has 11 heteroatoms. The van der Waals surface area contributed by atoms with Crippen molar-refractivity contribution in [1.82, 2.24) is 25.2 Å². The van der Waals surface area contributed by atoms with Crippen LogP contribution in [0.5, 0.6) is 5.75 Å². The number of likely N-dealkylation sites (tertiary alicyclic amines) is 1. The molecule has 4 rings (SSSR count). The van der Waals surface area contributed by atoms with E-state index in [-0.39, 0.29) is 11.3 Å². The molecular weight excluding hydrogens is 479 g/mol. The first-order valence-electron chi connectivity index (χ1n) is 11.3. The minimum atomic E-state index is -4.67. The zero-order valence-corrected chi connectivity index (χ0v) is 20.2. The second-order valence-electron chi connectivity index (χ2n) is 8.41. The maximum Gasteiger partial charge on any atom is 0.451 e. The second-order valence-corrected chi connectivity index (χ2v) is 9.64. The highest BCUT2D eigenvalue weighted by molar-refractivity contribution is 7.15. The predicted molar refractivity (Wildman–Crippen MR) is 126 cm³/mol. The number of alkyl halides is 3. The standard InChI is InChI=1S/C24H26F3N5O2S/c1-15-13-29-22(35-15)18-8-6-7-17(20(18)34-14-32-11-4-3-5-12-32)21(33)30-16(2)19-9-10-28-23(31-19)24(25,26)27/h6-10,13,16H,3-5,11-12,14H2,1-2H3,(H,30,33)/t16-/m1/s1. The first-order chi connectivity index (χ1) is 16.7. The Kier molecular flexibility index (Phi) is 7.66. The third-order valence-electron chi connectivity index (χ3n) is 5.67. The van der Waals surface area contributed by atoms with Crippen LogP contribution < -0.4 is 10.1 Å². The Morgan fingerprint density at radius 3 is 2.66 bits per heavy atom. The number of thiazole rings is 1. The van der Waals surface area contributed by atoms with Gasteiger partial charge in [0.25, 0.3) is 5.91 Å². The molecule has 1 N–H and O–H groups in total. The van der Waals surface area contributed by atoms with Crippen LogP contribution in [0.4, 0.5) is 13.2 Å². The highest BCUT2D eigenvalue weighted by Gasteiger charge is 2.35. The number of nitrogens with zero attached hydrogens (tertiary/aromatic N) is 4. The fraction of sp³-hybridized carbons (Fsp3) is 0.417. The molecule has 3 heterocycles. The van der Waals surface area contributed by atoms with Gasteiger partial charge in [0.15, 0.2) is 0 Å². The van der Waals surface area contributed by atoms with Crippen molar-refractivity contribution in [3.05, 3.63) is 58.6 Å². The van der Waals surface area contributed by atoms with E-state index in [9.17, 15) is 18.0 Å². The van der Waals surface area contributed by atoms with Gasteiger partial charge in [-0.1, -0.05) is 12.5 Å². The molecule has 3 aromatic rings.